The summed E-state index contributed by atoms with van der Waals surface area (Å²) in [5, 5.41) is 0. The third-order valence-electron chi connectivity index (χ3n) is 7.18. The van der Waals surface area contributed by atoms with E-state index in [4.69, 9.17) is 9.47 Å². The lowest BCUT2D eigenvalue weighted by Crippen LogP contribution is -2.42. The Morgan fingerprint density at radius 2 is 1.70 bits per heavy atom. The summed E-state index contributed by atoms with van der Waals surface area (Å²) in [6.07, 6.45) is 3.36. The first-order chi connectivity index (χ1) is 17.8. The summed E-state index contributed by atoms with van der Waals surface area (Å²) < 4.78 is 38.9. The molecule has 3 aromatic carbocycles. The summed E-state index contributed by atoms with van der Waals surface area (Å²) >= 11 is 0. The maximum atomic E-state index is 13.4. The smallest absolute Gasteiger partial charge is 0.338 e. The van der Waals surface area contributed by atoms with Crippen molar-refractivity contribution in [2.24, 2.45) is 0 Å². The quantitative estimate of drug-likeness (QED) is 0.256. The number of hydrogen-bond donors (Lipinski definition) is 0. The number of benzene rings is 3. The predicted octanol–water partition coefficient (Wildman–Crippen LogP) is 4.87. The van der Waals surface area contributed by atoms with Gasteiger partial charge in [-0.2, -0.15) is 4.31 Å². The Morgan fingerprint density at radius 1 is 0.946 bits per heavy atom. The van der Waals surface area contributed by atoms with E-state index in [0.29, 0.717) is 12.1 Å². The van der Waals surface area contributed by atoms with Crippen molar-refractivity contribution in [2.45, 2.75) is 43.5 Å². The van der Waals surface area contributed by atoms with Crippen LogP contribution in [0.15, 0.2) is 65.6 Å². The lowest BCUT2D eigenvalue weighted by molar-refractivity contribution is 0.0474. The van der Waals surface area contributed by atoms with Crippen molar-refractivity contribution in [1.82, 2.24) is 4.31 Å². The molecule has 0 spiro atoms. The van der Waals surface area contributed by atoms with Gasteiger partial charge in [-0.05, 0) is 72.7 Å². The minimum atomic E-state index is -3.88. The van der Waals surface area contributed by atoms with Gasteiger partial charge in [-0.25, -0.2) is 13.2 Å². The van der Waals surface area contributed by atoms with E-state index in [-0.39, 0.29) is 28.0 Å². The number of ether oxygens (including phenoxy) is 2. The number of ketones is 1. The Morgan fingerprint density at radius 3 is 2.49 bits per heavy atom. The number of rotatable bonds is 7. The Labute approximate surface area is 217 Å². The fourth-order valence-corrected chi connectivity index (χ4v) is 7.04. The molecule has 0 radical (unpaired) electrons. The van der Waals surface area contributed by atoms with Gasteiger partial charge in [-0.1, -0.05) is 42.8 Å². The molecular weight excluding hydrogens is 490 g/mol. The summed E-state index contributed by atoms with van der Waals surface area (Å²) in [7, 11) is -2.49. The fourth-order valence-electron chi connectivity index (χ4n) is 5.16. The van der Waals surface area contributed by atoms with Crippen LogP contribution in [0.3, 0.4) is 0 Å². The summed E-state index contributed by atoms with van der Waals surface area (Å²) in [5.41, 5.74) is 5.01. The van der Waals surface area contributed by atoms with E-state index in [1.165, 1.54) is 35.2 Å². The van der Waals surface area contributed by atoms with Gasteiger partial charge in [0.15, 0.2) is 12.4 Å². The second-order valence-corrected chi connectivity index (χ2v) is 11.4. The molecule has 37 heavy (non-hydrogen) atoms. The molecule has 8 heteroatoms. The molecule has 1 atom stereocenters. The number of hydrogen-bond acceptors (Lipinski definition) is 6. The topological polar surface area (TPSA) is 90.0 Å². The lowest BCUT2D eigenvalue weighted by atomic mass is 10.0. The summed E-state index contributed by atoms with van der Waals surface area (Å²) in [5.74, 6) is -0.946. The molecule has 1 saturated heterocycles. The third-order valence-corrected chi connectivity index (χ3v) is 9.22. The van der Waals surface area contributed by atoms with E-state index >= 15 is 0 Å². The zero-order chi connectivity index (χ0) is 26.2. The Balaban J connectivity index is 1.32. The van der Waals surface area contributed by atoms with E-state index in [1.54, 1.807) is 6.07 Å². The highest BCUT2D eigenvalue weighted by Crippen LogP contribution is 2.37. The van der Waals surface area contributed by atoms with Crippen molar-refractivity contribution < 1.29 is 27.5 Å². The highest BCUT2D eigenvalue weighted by atomic mass is 32.2. The molecule has 5 rings (SSSR count). The van der Waals surface area contributed by atoms with Crippen LogP contribution in [0.5, 0.6) is 5.75 Å². The molecule has 1 unspecified atom stereocenters. The number of Topliss-reactive ketones (excluding diaryl/α,β-unsaturated/α-hetero) is 1. The number of carbonyl (C=O) groups is 2. The average molecular weight is 520 g/mol. The van der Waals surface area contributed by atoms with E-state index in [2.05, 4.69) is 6.07 Å². The van der Waals surface area contributed by atoms with Gasteiger partial charge in [0, 0.05) is 18.2 Å². The van der Waals surface area contributed by atoms with E-state index < -0.39 is 22.6 Å². The Kier molecular flexibility index (Phi) is 6.88. The summed E-state index contributed by atoms with van der Waals surface area (Å²) in [6.45, 7) is 1.85. The number of esters is 1. The van der Waals surface area contributed by atoms with Crippen LogP contribution < -0.4 is 4.74 Å². The van der Waals surface area contributed by atoms with Gasteiger partial charge in [0.1, 0.15) is 10.6 Å². The first-order valence-electron chi connectivity index (χ1n) is 12.4. The van der Waals surface area contributed by atoms with Gasteiger partial charge in [-0.3, -0.25) is 4.79 Å². The Bertz CT molecular complexity index is 1480. The van der Waals surface area contributed by atoms with Crippen molar-refractivity contribution in [3.05, 3.63) is 82.9 Å². The predicted molar refractivity (Wildman–Crippen MR) is 139 cm³/mol. The number of carbonyl (C=O) groups excluding carboxylic acids is 2. The molecule has 1 aliphatic carbocycles. The average Bonchev–Trinajstić information content (AvgIpc) is 3.29. The minimum Gasteiger partial charge on any atom is -0.495 e. The summed E-state index contributed by atoms with van der Waals surface area (Å²) in [4.78, 5) is 25.6. The number of sulfonamides is 1. The number of nitrogens with zero attached hydrogens (tertiary/aromatic N) is 1. The molecule has 0 amide bonds. The fraction of sp³-hybridized carbons (Fsp3) is 0.310. The van der Waals surface area contributed by atoms with Crippen molar-refractivity contribution in [3.63, 3.8) is 0 Å². The molecule has 7 nitrogen and oxygen atoms in total. The van der Waals surface area contributed by atoms with Gasteiger partial charge in [0.25, 0.3) is 0 Å². The van der Waals surface area contributed by atoms with Crippen LogP contribution in [0.25, 0.3) is 11.1 Å². The molecule has 0 N–H and O–H groups in total. The molecular formula is C29H29NO6S. The largest absolute Gasteiger partial charge is 0.495 e. The number of fused-ring (bicyclic) bond motifs is 3. The van der Waals surface area contributed by atoms with Crippen LogP contribution in [-0.2, 0) is 21.2 Å². The standard InChI is InChI=1S/C29H29NO6S/c1-19-7-5-6-14-30(19)37(33,34)28-17-23(12-13-27(28)35-2)29(32)36-18-26(31)22-11-10-21-15-20-8-3-4-9-24(20)25(21)16-22/h3-4,8-13,16-17,19H,5-7,14-15,18H2,1-2H3. The Hall–Kier alpha value is -3.49. The second-order valence-electron chi connectivity index (χ2n) is 9.53. The third kappa shape index (κ3) is 4.79. The zero-order valence-corrected chi connectivity index (χ0v) is 21.7. The van der Waals surface area contributed by atoms with Crippen LogP contribution >= 0.6 is 0 Å². The van der Waals surface area contributed by atoms with E-state index in [0.717, 1.165) is 42.4 Å². The van der Waals surface area contributed by atoms with Crippen LogP contribution in [0.2, 0.25) is 0 Å². The van der Waals surface area contributed by atoms with Crippen molar-refractivity contribution in [1.29, 1.82) is 0 Å². The maximum absolute atomic E-state index is 13.4. The van der Waals surface area contributed by atoms with Crippen LogP contribution in [0, 0.1) is 0 Å². The van der Waals surface area contributed by atoms with Gasteiger partial charge >= 0.3 is 5.97 Å². The van der Waals surface area contributed by atoms with Crippen molar-refractivity contribution in [3.8, 4) is 16.9 Å². The van der Waals surface area contributed by atoms with Crippen LogP contribution in [0.4, 0.5) is 0 Å². The minimum absolute atomic E-state index is 0.0414. The second kappa shape index (κ2) is 10.1. The highest BCUT2D eigenvalue weighted by Gasteiger charge is 2.34. The zero-order valence-electron chi connectivity index (χ0n) is 20.9. The number of methoxy groups -OCH3 is 1. The molecule has 2 aliphatic rings. The molecule has 1 aliphatic heterocycles. The maximum Gasteiger partial charge on any atom is 0.338 e. The van der Waals surface area contributed by atoms with Crippen LogP contribution in [0.1, 0.15) is 58.0 Å². The molecule has 0 saturated carbocycles. The van der Waals surface area contributed by atoms with Gasteiger partial charge in [0.2, 0.25) is 10.0 Å². The first-order valence-corrected chi connectivity index (χ1v) is 13.8. The van der Waals surface area contributed by atoms with E-state index in [1.807, 2.05) is 37.3 Å². The SMILES string of the molecule is COc1ccc(C(=O)OCC(=O)c2ccc3c(c2)-c2ccccc2C3)cc1S(=O)(=O)N1CCCCC1C. The van der Waals surface area contributed by atoms with E-state index in [9.17, 15) is 18.0 Å². The number of piperidine rings is 1. The molecule has 1 fully saturated rings. The van der Waals surface area contributed by atoms with Crippen LogP contribution in [-0.4, -0.2) is 50.8 Å². The van der Waals surface area contributed by atoms with Gasteiger partial charge < -0.3 is 9.47 Å². The molecule has 192 valence electrons. The van der Waals surface area contributed by atoms with Crippen molar-refractivity contribution >= 4 is 21.8 Å². The monoisotopic (exact) mass is 519 g/mol. The normalized spacial score (nSPS) is 17.1. The lowest BCUT2D eigenvalue weighted by Gasteiger charge is -2.32. The highest BCUT2D eigenvalue weighted by molar-refractivity contribution is 7.89. The summed E-state index contributed by atoms with van der Waals surface area (Å²) in [6, 6.07) is 17.6. The molecule has 1 heterocycles. The molecule has 0 aromatic heterocycles. The van der Waals surface area contributed by atoms with Crippen molar-refractivity contribution in [2.75, 3.05) is 20.3 Å². The molecule has 3 aromatic rings. The molecule has 0 bridgehead atoms. The first kappa shape index (κ1) is 25.2. The van der Waals surface area contributed by atoms with Gasteiger partial charge in [0.05, 0.1) is 12.7 Å². The van der Waals surface area contributed by atoms with Gasteiger partial charge in [-0.15, -0.1) is 0 Å².